The van der Waals surface area contributed by atoms with Crippen molar-refractivity contribution in [1.82, 2.24) is 4.31 Å². The first-order valence-electron chi connectivity index (χ1n) is 6.65. The summed E-state index contributed by atoms with van der Waals surface area (Å²) in [6.45, 7) is 2.06. The molecule has 0 aliphatic heterocycles. The van der Waals surface area contributed by atoms with E-state index < -0.39 is 10.0 Å². The van der Waals surface area contributed by atoms with E-state index in [1.807, 2.05) is 30.3 Å². The standard InChI is InChI=1S/C15H19NO3S2/c1-12-15(10-14(11-17)20-12)21(18,19)16(2)9-8-13-6-4-3-5-7-13/h3-7,10,17H,8-9,11H2,1-2H3. The third kappa shape index (κ3) is 3.71. The molecule has 6 heteroatoms. The number of aliphatic hydroxyl groups excluding tert-OH is 1. The lowest BCUT2D eigenvalue weighted by Gasteiger charge is -2.17. The summed E-state index contributed by atoms with van der Waals surface area (Å²) in [5.41, 5.74) is 1.11. The number of aryl methyl sites for hydroxylation is 1. The average Bonchev–Trinajstić information content (AvgIpc) is 2.87. The Hall–Kier alpha value is -1.21. The first kappa shape index (κ1) is 16.2. The summed E-state index contributed by atoms with van der Waals surface area (Å²) in [5, 5.41) is 9.13. The molecule has 0 saturated carbocycles. The van der Waals surface area contributed by atoms with Gasteiger partial charge in [0, 0.05) is 23.3 Å². The minimum Gasteiger partial charge on any atom is -0.391 e. The second-order valence-corrected chi connectivity index (χ2v) is 8.21. The fourth-order valence-electron chi connectivity index (χ4n) is 2.08. The van der Waals surface area contributed by atoms with Gasteiger partial charge in [0.05, 0.1) is 11.5 Å². The zero-order valence-corrected chi connectivity index (χ0v) is 13.7. The van der Waals surface area contributed by atoms with Crippen molar-refractivity contribution < 1.29 is 13.5 Å². The summed E-state index contributed by atoms with van der Waals surface area (Å²) in [7, 11) is -1.91. The van der Waals surface area contributed by atoms with Crippen LogP contribution in [0.5, 0.6) is 0 Å². The Morgan fingerprint density at radius 3 is 2.48 bits per heavy atom. The lowest BCUT2D eigenvalue weighted by atomic mass is 10.2. The number of hydrogen-bond acceptors (Lipinski definition) is 4. The topological polar surface area (TPSA) is 57.6 Å². The van der Waals surface area contributed by atoms with Crippen LogP contribution in [0.4, 0.5) is 0 Å². The van der Waals surface area contributed by atoms with Crippen molar-refractivity contribution in [1.29, 1.82) is 0 Å². The minimum absolute atomic E-state index is 0.130. The quantitative estimate of drug-likeness (QED) is 0.887. The molecule has 0 saturated heterocycles. The van der Waals surface area contributed by atoms with Crippen molar-refractivity contribution in [2.75, 3.05) is 13.6 Å². The third-order valence-electron chi connectivity index (χ3n) is 3.33. The van der Waals surface area contributed by atoms with Crippen LogP contribution in [0.1, 0.15) is 15.3 Å². The van der Waals surface area contributed by atoms with E-state index in [2.05, 4.69) is 0 Å². The Balaban J connectivity index is 2.13. The van der Waals surface area contributed by atoms with E-state index in [0.29, 0.717) is 27.6 Å². The van der Waals surface area contributed by atoms with Crippen LogP contribution < -0.4 is 0 Å². The maximum atomic E-state index is 12.6. The van der Waals surface area contributed by atoms with Gasteiger partial charge in [-0.25, -0.2) is 12.7 Å². The highest BCUT2D eigenvalue weighted by Gasteiger charge is 2.24. The van der Waals surface area contributed by atoms with Crippen LogP contribution in [0.2, 0.25) is 0 Å². The molecular weight excluding hydrogens is 306 g/mol. The minimum atomic E-state index is -3.50. The van der Waals surface area contributed by atoms with E-state index in [9.17, 15) is 8.42 Å². The SMILES string of the molecule is Cc1sc(CO)cc1S(=O)(=O)N(C)CCc1ccccc1. The first-order valence-corrected chi connectivity index (χ1v) is 8.91. The molecule has 114 valence electrons. The molecular formula is C15H19NO3S2. The van der Waals surface area contributed by atoms with Gasteiger partial charge >= 0.3 is 0 Å². The van der Waals surface area contributed by atoms with E-state index in [1.165, 1.54) is 15.6 Å². The monoisotopic (exact) mass is 325 g/mol. The van der Waals surface area contributed by atoms with Gasteiger partial charge in [-0.1, -0.05) is 30.3 Å². The molecule has 1 N–H and O–H groups in total. The normalized spacial score (nSPS) is 12.0. The Kier molecular flexibility index (Phi) is 5.16. The molecule has 1 aromatic heterocycles. The van der Waals surface area contributed by atoms with Gasteiger partial charge in [0.25, 0.3) is 0 Å². The van der Waals surface area contributed by atoms with Crippen LogP contribution in [0, 0.1) is 6.92 Å². The predicted octanol–water partition coefficient (Wildman–Crippen LogP) is 2.41. The molecule has 0 radical (unpaired) electrons. The van der Waals surface area contributed by atoms with E-state index in [-0.39, 0.29) is 6.61 Å². The molecule has 0 atom stereocenters. The lowest BCUT2D eigenvalue weighted by molar-refractivity contribution is 0.285. The molecule has 0 fully saturated rings. The van der Waals surface area contributed by atoms with Gasteiger partial charge in [-0.05, 0) is 25.0 Å². The number of likely N-dealkylation sites (N-methyl/N-ethyl adjacent to an activating group) is 1. The molecule has 4 nitrogen and oxygen atoms in total. The second-order valence-electron chi connectivity index (χ2n) is 4.85. The zero-order chi connectivity index (χ0) is 15.5. The number of aliphatic hydroxyl groups is 1. The van der Waals surface area contributed by atoms with Crippen molar-refractivity contribution in [3.05, 3.63) is 51.7 Å². The van der Waals surface area contributed by atoms with Gasteiger partial charge < -0.3 is 5.11 Å². The van der Waals surface area contributed by atoms with Crippen molar-refractivity contribution >= 4 is 21.4 Å². The van der Waals surface area contributed by atoms with Crippen molar-refractivity contribution in [3.63, 3.8) is 0 Å². The Bertz CT molecular complexity index is 693. The highest BCUT2D eigenvalue weighted by atomic mass is 32.2. The molecule has 0 aliphatic carbocycles. The maximum absolute atomic E-state index is 12.6. The first-order chi connectivity index (χ1) is 9.95. The van der Waals surface area contributed by atoms with Crippen LogP contribution in [0.15, 0.2) is 41.3 Å². The van der Waals surface area contributed by atoms with Gasteiger partial charge in [0.15, 0.2) is 0 Å². The summed E-state index contributed by atoms with van der Waals surface area (Å²) in [6, 6.07) is 11.4. The number of hydrogen-bond donors (Lipinski definition) is 1. The summed E-state index contributed by atoms with van der Waals surface area (Å²) in [6.07, 6.45) is 0.673. The van der Waals surface area contributed by atoms with Crippen LogP contribution in [0.3, 0.4) is 0 Å². The highest BCUT2D eigenvalue weighted by Crippen LogP contribution is 2.27. The number of rotatable bonds is 6. The molecule has 0 aliphatic rings. The van der Waals surface area contributed by atoms with Crippen LogP contribution in [-0.4, -0.2) is 31.4 Å². The fraction of sp³-hybridized carbons (Fsp3) is 0.333. The lowest BCUT2D eigenvalue weighted by Crippen LogP contribution is -2.29. The number of sulfonamides is 1. The molecule has 0 unspecified atom stereocenters. The van der Waals surface area contributed by atoms with Gasteiger partial charge in [-0.15, -0.1) is 11.3 Å². The molecule has 1 heterocycles. The Morgan fingerprint density at radius 1 is 1.24 bits per heavy atom. The van der Waals surface area contributed by atoms with Crippen molar-refractivity contribution in [2.24, 2.45) is 0 Å². The highest BCUT2D eigenvalue weighted by molar-refractivity contribution is 7.89. The van der Waals surface area contributed by atoms with Crippen LogP contribution in [0.25, 0.3) is 0 Å². The largest absolute Gasteiger partial charge is 0.391 e. The van der Waals surface area contributed by atoms with Gasteiger partial charge in [0.1, 0.15) is 0 Å². The molecule has 0 amide bonds. The smallest absolute Gasteiger partial charge is 0.243 e. The third-order valence-corrected chi connectivity index (χ3v) is 6.47. The molecule has 2 aromatic rings. The zero-order valence-electron chi connectivity index (χ0n) is 12.1. The van der Waals surface area contributed by atoms with E-state index >= 15 is 0 Å². The van der Waals surface area contributed by atoms with Gasteiger partial charge in [-0.2, -0.15) is 0 Å². The predicted molar refractivity (Wildman–Crippen MR) is 84.9 cm³/mol. The van der Waals surface area contributed by atoms with Crippen LogP contribution >= 0.6 is 11.3 Å². The van der Waals surface area contributed by atoms with E-state index in [4.69, 9.17) is 5.11 Å². The molecule has 0 bridgehead atoms. The molecule has 0 spiro atoms. The average molecular weight is 325 g/mol. The summed E-state index contributed by atoms with van der Waals surface area (Å²) in [4.78, 5) is 1.68. The Morgan fingerprint density at radius 2 is 1.90 bits per heavy atom. The van der Waals surface area contributed by atoms with Crippen molar-refractivity contribution in [3.8, 4) is 0 Å². The van der Waals surface area contributed by atoms with Gasteiger partial charge in [0.2, 0.25) is 10.0 Å². The molecule has 2 rings (SSSR count). The number of benzene rings is 1. The molecule has 21 heavy (non-hydrogen) atoms. The van der Waals surface area contributed by atoms with E-state index in [1.54, 1.807) is 20.0 Å². The number of nitrogens with zero attached hydrogens (tertiary/aromatic N) is 1. The Labute approximate surface area is 129 Å². The van der Waals surface area contributed by atoms with Gasteiger partial charge in [-0.3, -0.25) is 0 Å². The summed E-state index contributed by atoms with van der Waals surface area (Å²) < 4.78 is 26.5. The molecule has 1 aromatic carbocycles. The summed E-state index contributed by atoms with van der Waals surface area (Å²) in [5.74, 6) is 0. The second kappa shape index (κ2) is 6.70. The maximum Gasteiger partial charge on any atom is 0.243 e. The van der Waals surface area contributed by atoms with Crippen LogP contribution in [-0.2, 0) is 23.1 Å². The summed E-state index contributed by atoms with van der Waals surface area (Å²) >= 11 is 1.32. The number of thiophene rings is 1. The fourth-order valence-corrected chi connectivity index (χ4v) is 4.71. The van der Waals surface area contributed by atoms with Crippen molar-refractivity contribution in [2.45, 2.75) is 24.8 Å². The van der Waals surface area contributed by atoms with E-state index in [0.717, 1.165) is 5.56 Å².